The lowest BCUT2D eigenvalue weighted by atomic mass is 10.2. The molecular formula is C22H25F3N6O2. The molecule has 1 aliphatic heterocycles. The van der Waals surface area contributed by atoms with Crippen LogP contribution in [0.4, 0.5) is 18.9 Å². The molecule has 4 heterocycles. The molecule has 2 N–H and O–H groups in total. The summed E-state index contributed by atoms with van der Waals surface area (Å²) >= 11 is 0. The Morgan fingerprint density at radius 2 is 1.88 bits per heavy atom. The normalized spacial score (nSPS) is 15.2. The van der Waals surface area contributed by atoms with Crippen LogP contribution in [0.25, 0.3) is 5.65 Å². The van der Waals surface area contributed by atoms with Crippen molar-refractivity contribution in [2.24, 2.45) is 0 Å². The van der Waals surface area contributed by atoms with E-state index < -0.39 is 17.8 Å². The monoisotopic (exact) mass is 462 g/mol. The highest BCUT2D eigenvalue weighted by atomic mass is 19.4. The van der Waals surface area contributed by atoms with Crippen LogP contribution in [-0.2, 0) is 19.1 Å². The van der Waals surface area contributed by atoms with E-state index in [0.29, 0.717) is 44.7 Å². The van der Waals surface area contributed by atoms with Gasteiger partial charge in [0.25, 0.3) is 11.5 Å². The van der Waals surface area contributed by atoms with Crippen molar-refractivity contribution in [1.29, 1.82) is 0 Å². The number of H-pyrrole nitrogens is 1. The Kier molecular flexibility index (Phi) is 6.15. The van der Waals surface area contributed by atoms with Gasteiger partial charge >= 0.3 is 6.18 Å². The quantitative estimate of drug-likeness (QED) is 0.608. The van der Waals surface area contributed by atoms with E-state index in [9.17, 15) is 22.8 Å². The molecule has 3 aromatic rings. The number of fused-ring (bicyclic) bond motifs is 1. The van der Waals surface area contributed by atoms with Crippen LogP contribution in [0.1, 0.15) is 34.2 Å². The summed E-state index contributed by atoms with van der Waals surface area (Å²) in [5, 5.41) is 2.30. The number of amides is 1. The van der Waals surface area contributed by atoms with E-state index in [-0.39, 0.29) is 16.9 Å². The summed E-state index contributed by atoms with van der Waals surface area (Å²) in [7, 11) is 1.34. The number of aryl methyl sites for hydroxylation is 1. The number of pyridine rings is 1. The molecule has 1 fully saturated rings. The molecule has 0 radical (unpaired) electrons. The second-order valence-corrected chi connectivity index (χ2v) is 7.96. The second-order valence-electron chi connectivity index (χ2n) is 7.96. The van der Waals surface area contributed by atoms with Crippen molar-refractivity contribution in [3.8, 4) is 0 Å². The lowest BCUT2D eigenvalue weighted by Crippen LogP contribution is -2.46. The minimum Gasteiger partial charge on any atom is -0.367 e. The van der Waals surface area contributed by atoms with Crippen LogP contribution in [0.15, 0.2) is 35.4 Å². The number of piperazine rings is 1. The van der Waals surface area contributed by atoms with Crippen LogP contribution in [0.3, 0.4) is 0 Å². The first-order valence-electron chi connectivity index (χ1n) is 10.7. The molecule has 1 saturated heterocycles. The van der Waals surface area contributed by atoms with Gasteiger partial charge in [0, 0.05) is 63.3 Å². The Balaban J connectivity index is 1.49. The number of anilines is 1. The van der Waals surface area contributed by atoms with E-state index >= 15 is 0 Å². The van der Waals surface area contributed by atoms with Gasteiger partial charge in [-0.15, -0.1) is 0 Å². The third-order valence-corrected chi connectivity index (χ3v) is 5.91. The van der Waals surface area contributed by atoms with Crippen molar-refractivity contribution >= 4 is 17.2 Å². The van der Waals surface area contributed by atoms with E-state index in [1.807, 2.05) is 29.8 Å². The molecule has 0 aromatic carbocycles. The topological polar surface area (TPSA) is 85.7 Å². The maximum atomic E-state index is 13.7. The Bertz CT molecular complexity index is 1230. The number of carbonyl (C=O) groups is 1. The van der Waals surface area contributed by atoms with E-state index in [0.717, 1.165) is 11.2 Å². The average molecular weight is 462 g/mol. The minimum absolute atomic E-state index is 0.0273. The van der Waals surface area contributed by atoms with Crippen molar-refractivity contribution in [1.82, 2.24) is 24.6 Å². The van der Waals surface area contributed by atoms with Gasteiger partial charge < -0.3 is 19.6 Å². The number of alkyl halides is 3. The first kappa shape index (κ1) is 22.8. The summed E-state index contributed by atoms with van der Waals surface area (Å²) in [5.74, 6) is -0.666. The fourth-order valence-corrected chi connectivity index (χ4v) is 4.09. The lowest BCUT2D eigenvalue weighted by molar-refractivity contribution is -0.140. The number of hydrogen-bond donors (Lipinski definition) is 2. The third-order valence-electron chi connectivity index (χ3n) is 5.91. The molecule has 176 valence electrons. The van der Waals surface area contributed by atoms with Crippen LogP contribution in [0.5, 0.6) is 0 Å². The van der Waals surface area contributed by atoms with Gasteiger partial charge in [-0.25, -0.2) is 4.98 Å². The maximum Gasteiger partial charge on any atom is 0.435 e. The number of hydrogen-bond acceptors (Lipinski definition) is 5. The van der Waals surface area contributed by atoms with Crippen molar-refractivity contribution < 1.29 is 18.0 Å². The number of aromatic amines is 1. The second kappa shape index (κ2) is 8.89. The van der Waals surface area contributed by atoms with Crippen molar-refractivity contribution in [2.75, 3.05) is 38.1 Å². The molecule has 11 heteroatoms. The van der Waals surface area contributed by atoms with Gasteiger partial charge in [-0.3, -0.25) is 14.5 Å². The lowest BCUT2D eigenvalue weighted by Gasteiger charge is -2.36. The van der Waals surface area contributed by atoms with Crippen molar-refractivity contribution in [2.45, 2.75) is 26.1 Å². The largest absolute Gasteiger partial charge is 0.435 e. The maximum absolute atomic E-state index is 13.7. The molecule has 0 atom stereocenters. The predicted octanol–water partition coefficient (Wildman–Crippen LogP) is 2.29. The van der Waals surface area contributed by atoms with Crippen LogP contribution >= 0.6 is 0 Å². The van der Waals surface area contributed by atoms with Crippen molar-refractivity contribution in [3.05, 3.63) is 63.5 Å². The van der Waals surface area contributed by atoms with E-state index in [1.54, 1.807) is 4.90 Å². The first-order valence-corrected chi connectivity index (χ1v) is 10.7. The summed E-state index contributed by atoms with van der Waals surface area (Å²) in [4.78, 5) is 34.2. The first-order chi connectivity index (χ1) is 15.7. The standard InChI is InChI=1S/C22H25F3N6O2/c1-3-14-13-31-7-6-15(19(31)28-20(14)32)12-29-8-10-30(11-9-29)17-5-4-16(21(33)26-2)27-18(17)22(23,24)25/h4-7,13H,3,8-12H2,1-2H3,(H,26,33)(H,28,32). The number of halogens is 3. The van der Waals surface area contributed by atoms with Gasteiger partial charge in [0.05, 0.1) is 5.69 Å². The molecule has 0 unspecified atom stereocenters. The summed E-state index contributed by atoms with van der Waals surface area (Å²) in [5.41, 5.74) is 0.925. The zero-order valence-electron chi connectivity index (χ0n) is 18.4. The Labute approximate surface area is 188 Å². The highest BCUT2D eigenvalue weighted by Gasteiger charge is 2.38. The smallest absolute Gasteiger partial charge is 0.367 e. The van der Waals surface area contributed by atoms with Crippen molar-refractivity contribution in [3.63, 3.8) is 0 Å². The van der Waals surface area contributed by atoms with Gasteiger partial charge in [-0.05, 0) is 24.6 Å². The summed E-state index contributed by atoms with van der Waals surface area (Å²) < 4.78 is 42.8. The SMILES string of the molecule is CCc1cn2ccc(CN3CCN(c4ccc(C(=O)NC)nc4C(F)(F)F)CC3)c2[nH]c1=O. The number of nitrogens with zero attached hydrogens (tertiary/aromatic N) is 4. The van der Waals surface area contributed by atoms with Gasteiger partial charge in [-0.2, -0.15) is 13.2 Å². The number of rotatable bonds is 5. The molecule has 0 spiro atoms. The predicted molar refractivity (Wildman–Crippen MR) is 118 cm³/mol. The van der Waals surface area contributed by atoms with Crippen LogP contribution in [0, 0.1) is 0 Å². The Morgan fingerprint density at radius 1 is 1.15 bits per heavy atom. The van der Waals surface area contributed by atoms with Gasteiger partial charge in [-0.1, -0.05) is 6.92 Å². The Morgan fingerprint density at radius 3 is 2.52 bits per heavy atom. The molecule has 1 aliphatic rings. The highest BCUT2D eigenvalue weighted by Crippen LogP contribution is 2.35. The zero-order chi connectivity index (χ0) is 23.8. The van der Waals surface area contributed by atoms with E-state index in [1.165, 1.54) is 19.2 Å². The van der Waals surface area contributed by atoms with E-state index in [2.05, 4.69) is 20.2 Å². The molecule has 0 saturated carbocycles. The minimum atomic E-state index is -4.68. The van der Waals surface area contributed by atoms with E-state index in [4.69, 9.17) is 0 Å². The molecule has 1 amide bonds. The van der Waals surface area contributed by atoms with Gasteiger partial charge in [0.1, 0.15) is 11.3 Å². The number of aromatic nitrogens is 3. The molecule has 3 aromatic heterocycles. The molecule has 33 heavy (non-hydrogen) atoms. The Hall–Kier alpha value is -3.34. The molecular weight excluding hydrogens is 437 g/mol. The van der Waals surface area contributed by atoms with Gasteiger partial charge in [0.15, 0.2) is 5.69 Å². The fraction of sp³-hybridized carbons (Fsp3) is 0.409. The highest BCUT2D eigenvalue weighted by molar-refractivity contribution is 5.92. The molecule has 0 bridgehead atoms. The molecule has 4 rings (SSSR count). The number of carbonyl (C=O) groups excluding carboxylic acids is 1. The number of nitrogens with one attached hydrogen (secondary N) is 2. The third kappa shape index (κ3) is 4.58. The zero-order valence-corrected chi connectivity index (χ0v) is 18.4. The van der Waals surface area contributed by atoms with Crippen LogP contribution in [-0.4, -0.2) is 58.4 Å². The van der Waals surface area contributed by atoms with Gasteiger partial charge in [0.2, 0.25) is 0 Å². The molecule has 8 nitrogen and oxygen atoms in total. The summed E-state index contributed by atoms with van der Waals surface area (Å²) in [6.45, 7) is 4.35. The summed E-state index contributed by atoms with van der Waals surface area (Å²) in [6.07, 6.45) is -0.320. The molecule has 0 aliphatic carbocycles. The summed E-state index contributed by atoms with van der Waals surface area (Å²) in [6, 6.07) is 4.57. The van der Waals surface area contributed by atoms with Crippen LogP contribution in [0.2, 0.25) is 0 Å². The fourth-order valence-electron chi connectivity index (χ4n) is 4.09. The van der Waals surface area contributed by atoms with Crippen LogP contribution < -0.4 is 15.8 Å². The average Bonchev–Trinajstić information content (AvgIpc) is 3.18.